The SMILES string of the molecule is Cc1ncsc1-c1ccc([C@H](C)NC(=O)[C@@H]2C[C@@H](O)CN2C(=O)[C@@H](NC(=O)Cc2ccc(OC3CC(CC(=O)C[C@@H]4N=C(c5ccc(Cl)cc5)c5c(sc(C)c5C)-n5c(C)nnc54)C3)cc2)C(C)(C)C)cc1. The molecular formula is C55H61ClN8O6S2. The number of aromatic nitrogens is 4. The molecule has 72 heavy (non-hydrogen) atoms. The molecule has 9 rings (SSSR count). The number of benzene rings is 3. The zero-order chi connectivity index (χ0) is 51.2. The van der Waals surface area contributed by atoms with Gasteiger partial charge in [0.2, 0.25) is 17.7 Å². The molecule has 3 aliphatic rings. The number of likely N-dealkylation sites (tertiary alicyclic amines) is 1. The van der Waals surface area contributed by atoms with E-state index in [0.29, 0.717) is 23.0 Å². The molecule has 1 saturated carbocycles. The van der Waals surface area contributed by atoms with Gasteiger partial charge in [-0.25, -0.2) is 4.98 Å². The number of aliphatic hydroxyl groups is 1. The predicted octanol–water partition coefficient (Wildman–Crippen LogP) is 9.35. The highest BCUT2D eigenvalue weighted by atomic mass is 35.5. The molecule has 6 aromatic rings. The van der Waals surface area contributed by atoms with Gasteiger partial charge in [-0.05, 0) is 105 Å². The fraction of sp³-hybridized carbons (Fsp3) is 0.418. The van der Waals surface area contributed by atoms with Crippen LogP contribution in [-0.4, -0.2) is 89.8 Å². The predicted molar refractivity (Wildman–Crippen MR) is 281 cm³/mol. The van der Waals surface area contributed by atoms with Gasteiger partial charge in [-0.2, -0.15) is 0 Å². The molecule has 0 spiro atoms. The molecule has 5 atom stereocenters. The number of β-amino-alcohol motifs (C(OH)–C–C–N with tert-alkyl or cyclic N) is 1. The van der Waals surface area contributed by atoms with Crippen molar-refractivity contribution in [3.8, 4) is 21.2 Å². The highest BCUT2D eigenvalue weighted by Gasteiger charge is 2.45. The number of thiazole rings is 1. The van der Waals surface area contributed by atoms with Crippen LogP contribution in [0, 0.1) is 39.0 Å². The van der Waals surface area contributed by atoms with Gasteiger partial charge in [0.15, 0.2) is 5.82 Å². The van der Waals surface area contributed by atoms with Gasteiger partial charge in [-0.15, -0.1) is 32.9 Å². The summed E-state index contributed by atoms with van der Waals surface area (Å²) in [5.74, 6) is 1.24. The second kappa shape index (κ2) is 20.8. The number of aliphatic imine (C=N–C) groups is 1. The first kappa shape index (κ1) is 50.9. The van der Waals surface area contributed by atoms with Crippen LogP contribution in [0.2, 0.25) is 5.02 Å². The van der Waals surface area contributed by atoms with E-state index in [4.69, 9.17) is 21.3 Å². The molecule has 0 radical (unpaired) electrons. The monoisotopic (exact) mass is 1030 g/mol. The van der Waals surface area contributed by atoms with E-state index in [1.54, 1.807) is 22.7 Å². The van der Waals surface area contributed by atoms with Crippen LogP contribution in [0.15, 0.2) is 83.3 Å². The minimum Gasteiger partial charge on any atom is -0.490 e. The average Bonchev–Trinajstić information content (AvgIpc) is 4.10. The van der Waals surface area contributed by atoms with Crippen LogP contribution in [0.25, 0.3) is 15.4 Å². The molecule has 376 valence electrons. The Balaban J connectivity index is 0.768. The second-order valence-corrected chi connectivity index (χ2v) is 23.1. The van der Waals surface area contributed by atoms with Gasteiger partial charge < -0.3 is 25.4 Å². The van der Waals surface area contributed by atoms with E-state index in [2.05, 4.69) is 44.2 Å². The number of ether oxygens (including phenoxy) is 1. The van der Waals surface area contributed by atoms with Crippen molar-refractivity contribution >= 4 is 63.5 Å². The maximum absolute atomic E-state index is 14.3. The number of aliphatic hydroxyl groups excluding tert-OH is 1. The number of hydrogen-bond acceptors (Lipinski definition) is 12. The van der Waals surface area contributed by atoms with Gasteiger partial charge in [-0.1, -0.05) is 80.9 Å². The van der Waals surface area contributed by atoms with Gasteiger partial charge in [-0.3, -0.25) is 28.7 Å². The Bertz CT molecular complexity index is 3020. The Hall–Kier alpha value is -6.07. The molecular weight excluding hydrogens is 968 g/mol. The van der Waals surface area contributed by atoms with E-state index in [9.17, 15) is 24.3 Å². The molecule has 3 N–H and O–H groups in total. The van der Waals surface area contributed by atoms with Crippen LogP contribution in [0.1, 0.15) is 122 Å². The van der Waals surface area contributed by atoms with Crippen LogP contribution < -0.4 is 15.4 Å². The molecule has 1 aliphatic carbocycles. The lowest BCUT2D eigenvalue weighted by atomic mass is 9.78. The van der Waals surface area contributed by atoms with E-state index < -0.39 is 35.6 Å². The fourth-order valence-electron chi connectivity index (χ4n) is 9.98. The van der Waals surface area contributed by atoms with Crippen LogP contribution in [0.4, 0.5) is 0 Å². The Morgan fingerprint density at radius 3 is 2.25 bits per heavy atom. The fourth-order valence-corrected chi connectivity index (χ4v) is 12.1. The summed E-state index contributed by atoms with van der Waals surface area (Å²) in [4.78, 5) is 68.7. The third-order valence-electron chi connectivity index (χ3n) is 14.1. The molecule has 14 nitrogen and oxygen atoms in total. The molecule has 3 amide bonds. The van der Waals surface area contributed by atoms with Crippen molar-refractivity contribution in [2.75, 3.05) is 6.54 Å². The lowest BCUT2D eigenvalue weighted by molar-refractivity contribution is -0.144. The molecule has 0 unspecified atom stereocenters. The number of carbonyl (C=O) groups is 4. The van der Waals surface area contributed by atoms with Gasteiger partial charge in [0.1, 0.15) is 40.5 Å². The smallest absolute Gasteiger partial charge is 0.246 e. The summed E-state index contributed by atoms with van der Waals surface area (Å²) in [7, 11) is 0. The second-order valence-electron chi connectivity index (χ2n) is 20.6. The molecule has 1 saturated heterocycles. The Labute approximate surface area is 433 Å². The van der Waals surface area contributed by atoms with Gasteiger partial charge in [0, 0.05) is 46.8 Å². The normalized spacial score (nSPS) is 20.3. The van der Waals surface area contributed by atoms with E-state index >= 15 is 0 Å². The number of hydrogen-bond donors (Lipinski definition) is 3. The number of aryl methyl sites for hydroxylation is 3. The highest BCUT2D eigenvalue weighted by Crippen LogP contribution is 2.41. The van der Waals surface area contributed by atoms with Crippen molar-refractivity contribution in [2.45, 2.75) is 130 Å². The first-order chi connectivity index (χ1) is 34.3. The van der Waals surface area contributed by atoms with Crippen molar-refractivity contribution in [3.05, 3.63) is 133 Å². The Morgan fingerprint density at radius 2 is 1.58 bits per heavy atom. The summed E-state index contributed by atoms with van der Waals surface area (Å²) in [6, 6.07) is 20.2. The summed E-state index contributed by atoms with van der Waals surface area (Å²) in [5.41, 5.74) is 8.68. The van der Waals surface area contributed by atoms with E-state index in [-0.39, 0.29) is 61.5 Å². The van der Waals surface area contributed by atoms with E-state index in [0.717, 1.165) is 73.3 Å². The number of thiophene rings is 1. The minimum atomic E-state index is -0.953. The van der Waals surface area contributed by atoms with Crippen LogP contribution >= 0.6 is 34.3 Å². The number of Topliss-reactive ketones (excluding diaryl/α,β-unsaturated/α-hetero) is 1. The lowest BCUT2D eigenvalue weighted by Gasteiger charge is -2.35. The first-order valence-electron chi connectivity index (χ1n) is 24.5. The number of fused-ring (bicyclic) bond motifs is 3. The third kappa shape index (κ3) is 10.8. The Morgan fingerprint density at radius 1 is 0.889 bits per heavy atom. The van der Waals surface area contributed by atoms with Crippen molar-refractivity contribution in [3.63, 3.8) is 0 Å². The average molecular weight is 1030 g/mol. The van der Waals surface area contributed by atoms with Crippen molar-refractivity contribution in [1.29, 1.82) is 0 Å². The standard InChI is InChI=1S/C55H61ClN8O6S2/c1-29-32(4)72-54-47(29)48(37-15-17-39(56)18-16-37)59-44(51-62-61-33(5)64(51)54)25-40(65)21-35-22-43(23-35)70-42-19-9-34(10-20-42)24-46(67)60-50(55(6,7)8)53(69)63-27-41(66)26-45(63)52(68)58-30(2)36-11-13-38(14-12-36)49-31(3)57-28-71-49/h9-20,28,30,35,41,43-45,50,66H,21-27H2,1-8H3,(H,58,68)(H,60,67)/t30-,35?,41+,43?,44-,45-,50+/m0/s1. The summed E-state index contributed by atoms with van der Waals surface area (Å²) < 4.78 is 8.36. The van der Waals surface area contributed by atoms with Crippen molar-refractivity contribution < 1.29 is 29.0 Å². The van der Waals surface area contributed by atoms with E-state index in [1.165, 1.54) is 9.78 Å². The molecule has 2 aliphatic heterocycles. The maximum Gasteiger partial charge on any atom is 0.246 e. The molecule has 5 heterocycles. The number of rotatable bonds is 15. The third-order valence-corrected chi connectivity index (χ3v) is 16.6. The number of nitrogens with one attached hydrogen (secondary N) is 2. The quantitative estimate of drug-likeness (QED) is 0.0903. The number of amides is 3. The van der Waals surface area contributed by atoms with Crippen LogP contribution in [-0.2, 0) is 25.6 Å². The zero-order valence-electron chi connectivity index (χ0n) is 41.9. The zero-order valence-corrected chi connectivity index (χ0v) is 44.3. The molecule has 3 aromatic carbocycles. The molecule has 0 bridgehead atoms. The minimum absolute atomic E-state index is 0.0146. The molecule has 2 fully saturated rings. The van der Waals surface area contributed by atoms with Crippen molar-refractivity contribution in [1.82, 2.24) is 35.3 Å². The molecule has 3 aromatic heterocycles. The van der Waals surface area contributed by atoms with Crippen LogP contribution in [0.5, 0.6) is 5.75 Å². The first-order valence-corrected chi connectivity index (χ1v) is 26.6. The largest absolute Gasteiger partial charge is 0.490 e. The lowest BCUT2D eigenvalue weighted by Crippen LogP contribution is -2.58. The van der Waals surface area contributed by atoms with Crippen molar-refractivity contribution in [2.24, 2.45) is 16.3 Å². The highest BCUT2D eigenvalue weighted by molar-refractivity contribution is 7.15. The summed E-state index contributed by atoms with van der Waals surface area (Å²) in [6.07, 6.45) is 1.29. The summed E-state index contributed by atoms with van der Waals surface area (Å²) in [5, 5.41) is 27.4. The number of nitrogens with zero attached hydrogens (tertiary/aromatic N) is 6. The maximum atomic E-state index is 14.3. The molecule has 17 heteroatoms. The van der Waals surface area contributed by atoms with Gasteiger partial charge in [0.05, 0.1) is 46.5 Å². The van der Waals surface area contributed by atoms with E-state index in [1.807, 2.05) is 120 Å². The number of carbonyl (C=O) groups excluding carboxylic acids is 4. The van der Waals surface area contributed by atoms with Crippen LogP contribution in [0.3, 0.4) is 0 Å². The summed E-state index contributed by atoms with van der Waals surface area (Å²) >= 11 is 9.54. The topological polar surface area (TPSA) is 181 Å². The number of halogens is 1. The Kier molecular flexibility index (Phi) is 14.7. The summed E-state index contributed by atoms with van der Waals surface area (Å²) in [6.45, 7) is 15.6. The van der Waals surface area contributed by atoms with Gasteiger partial charge in [0.25, 0.3) is 0 Å². The number of ketones is 1. The van der Waals surface area contributed by atoms with Gasteiger partial charge >= 0.3 is 0 Å².